The zero-order chi connectivity index (χ0) is 13.6. The molecule has 1 aromatic carbocycles. The molecule has 96 valence electrons. The van der Waals surface area contributed by atoms with Crippen molar-refractivity contribution in [3.8, 4) is 11.9 Å². The average molecular weight is 270 g/mol. The molecule has 0 aliphatic rings. The Kier molecular flexibility index (Phi) is 4.51. The second-order valence-electron chi connectivity index (χ2n) is 3.18. The first-order valence-corrected chi connectivity index (χ1v) is 6.29. The van der Waals surface area contributed by atoms with Crippen molar-refractivity contribution in [2.45, 2.75) is 11.3 Å². The molecule has 0 saturated heterocycles. The van der Waals surface area contributed by atoms with Gasteiger partial charge in [0.25, 0.3) is 10.0 Å². The molecule has 1 aromatic rings. The van der Waals surface area contributed by atoms with Crippen molar-refractivity contribution < 1.29 is 23.1 Å². The van der Waals surface area contributed by atoms with Crippen LogP contribution in [0.5, 0.6) is 5.75 Å². The van der Waals surface area contributed by atoms with Crippen LogP contribution in [-0.4, -0.2) is 26.1 Å². The molecule has 0 spiro atoms. The fraction of sp³-hybridized carbons (Fsp3) is 0.200. The predicted molar refractivity (Wildman–Crippen MR) is 60.1 cm³/mol. The van der Waals surface area contributed by atoms with Gasteiger partial charge in [0.1, 0.15) is 5.75 Å². The van der Waals surface area contributed by atoms with E-state index in [9.17, 15) is 13.2 Å². The lowest BCUT2D eigenvalue weighted by molar-refractivity contribution is -0.137. The van der Waals surface area contributed by atoms with Crippen LogP contribution in [0.2, 0.25) is 0 Å². The molecule has 0 aromatic heterocycles. The van der Waals surface area contributed by atoms with Crippen LogP contribution in [0.1, 0.15) is 6.42 Å². The summed E-state index contributed by atoms with van der Waals surface area (Å²) in [5.41, 5.74) is 0. The molecule has 0 radical (unpaired) electrons. The third kappa shape index (κ3) is 3.95. The number of hydrogen-bond donors (Lipinski definition) is 2. The highest BCUT2D eigenvalue weighted by atomic mass is 32.2. The van der Waals surface area contributed by atoms with E-state index in [0.29, 0.717) is 5.75 Å². The molecule has 7 nitrogen and oxygen atoms in total. The Morgan fingerprint density at radius 2 is 2.00 bits per heavy atom. The van der Waals surface area contributed by atoms with Crippen LogP contribution in [0.15, 0.2) is 29.2 Å². The highest BCUT2D eigenvalue weighted by Gasteiger charge is 2.12. The number of carbonyl (C=O) groups is 1. The van der Waals surface area contributed by atoms with Crippen LogP contribution in [0, 0.1) is 11.5 Å². The van der Waals surface area contributed by atoms with Gasteiger partial charge in [-0.2, -0.15) is 5.26 Å². The zero-order valence-corrected chi connectivity index (χ0v) is 9.98. The largest absolute Gasteiger partial charge is 0.493 e. The lowest BCUT2D eigenvalue weighted by atomic mass is 10.3. The summed E-state index contributed by atoms with van der Waals surface area (Å²) in [6.45, 7) is -0.00211. The van der Waals surface area contributed by atoms with Crippen LogP contribution < -0.4 is 9.46 Å². The fourth-order valence-corrected chi connectivity index (χ4v) is 1.82. The molecule has 2 N–H and O–H groups in total. The summed E-state index contributed by atoms with van der Waals surface area (Å²) in [6.07, 6.45) is 1.19. The number of hydrogen-bond acceptors (Lipinski definition) is 5. The SMILES string of the molecule is N#CNS(=O)(=O)c1ccc(OCCC(=O)O)cc1. The van der Waals surface area contributed by atoms with Crippen molar-refractivity contribution >= 4 is 16.0 Å². The summed E-state index contributed by atoms with van der Waals surface area (Å²) in [5.74, 6) is -0.625. The molecule has 0 unspecified atom stereocenters. The third-order valence-corrected chi connectivity index (χ3v) is 3.15. The van der Waals surface area contributed by atoms with Gasteiger partial charge in [0.05, 0.1) is 17.9 Å². The van der Waals surface area contributed by atoms with Crippen molar-refractivity contribution in [2.75, 3.05) is 6.61 Å². The molecule has 18 heavy (non-hydrogen) atoms. The zero-order valence-electron chi connectivity index (χ0n) is 9.16. The quantitative estimate of drug-likeness (QED) is 0.567. The van der Waals surface area contributed by atoms with Crippen molar-refractivity contribution in [3.63, 3.8) is 0 Å². The lowest BCUT2D eigenvalue weighted by Crippen LogP contribution is -2.17. The maximum absolute atomic E-state index is 11.4. The van der Waals surface area contributed by atoms with Crippen molar-refractivity contribution in [1.29, 1.82) is 5.26 Å². The molecule has 1 rings (SSSR count). The Labute approximate surface area is 104 Å². The minimum Gasteiger partial charge on any atom is -0.493 e. The number of nitrogens with zero attached hydrogens (tertiary/aromatic N) is 1. The first-order chi connectivity index (χ1) is 8.45. The molecule has 8 heteroatoms. The molecule has 0 atom stereocenters. The summed E-state index contributed by atoms with van der Waals surface area (Å²) in [6, 6.07) is 5.28. The smallest absolute Gasteiger partial charge is 0.306 e. The first kappa shape index (κ1) is 13.8. The number of ether oxygens (including phenoxy) is 1. The number of rotatable bonds is 6. The van der Waals surface area contributed by atoms with Gasteiger partial charge in [0.2, 0.25) is 0 Å². The lowest BCUT2D eigenvalue weighted by Gasteiger charge is -2.05. The van der Waals surface area contributed by atoms with Gasteiger partial charge in [-0.25, -0.2) is 13.1 Å². The predicted octanol–water partition coefficient (Wildman–Crippen LogP) is 0.299. The third-order valence-electron chi connectivity index (χ3n) is 1.90. The van der Waals surface area contributed by atoms with E-state index in [0.717, 1.165) is 0 Å². The number of carboxylic acid groups (broad SMARTS) is 1. The number of sulfonamides is 1. The molecule has 0 saturated carbocycles. The summed E-state index contributed by atoms with van der Waals surface area (Å²) in [7, 11) is -3.82. The first-order valence-electron chi connectivity index (χ1n) is 4.81. The normalized spacial score (nSPS) is 10.4. The molecule has 0 aliphatic carbocycles. The molecule has 0 heterocycles. The van der Waals surface area contributed by atoms with Crippen LogP contribution in [0.3, 0.4) is 0 Å². The Hall–Kier alpha value is -2.27. The van der Waals surface area contributed by atoms with E-state index in [1.807, 2.05) is 0 Å². The van der Waals surface area contributed by atoms with Gasteiger partial charge in [-0.3, -0.25) is 4.79 Å². The molecule has 0 bridgehead atoms. The van der Waals surface area contributed by atoms with Gasteiger partial charge in [-0.05, 0) is 24.3 Å². The number of aliphatic carboxylic acids is 1. The monoisotopic (exact) mass is 270 g/mol. The van der Waals surface area contributed by atoms with E-state index in [4.69, 9.17) is 15.1 Å². The van der Waals surface area contributed by atoms with Crippen molar-refractivity contribution in [2.24, 2.45) is 0 Å². The number of benzene rings is 1. The van der Waals surface area contributed by atoms with E-state index in [1.165, 1.54) is 30.5 Å². The molecule has 0 amide bonds. The number of nitrogens with one attached hydrogen (secondary N) is 1. The Bertz CT molecular complexity index is 559. The fourth-order valence-electron chi connectivity index (χ4n) is 1.09. The second-order valence-corrected chi connectivity index (χ2v) is 4.86. The minimum atomic E-state index is -3.82. The summed E-state index contributed by atoms with van der Waals surface area (Å²) in [4.78, 5) is 10.2. The highest BCUT2D eigenvalue weighted by Crippen LogP contribution is 2.15. The molecular weight excluding hydrogens is 260 g/mol. The Balaban J connectivity index is 2.69. The topological polar surface area (TPSA) is 116 Å². The van der Waals surface area contributed by atoms with Gasteiger partial charge in [-0.1, -0.05) is 0 Å². The molecule has 0 fully saturated rings. The van der Waals surface area contributed by atoms with Crippen LogP contribution in [-0.2, 0) is 14.8 Å². The summed E-state index contributed by atoms with van der Waals surface area (Å²) < 4.78 is 29.5. The van der Waals surface area contributed by atoms with Crippen LogP contribution >= 0.6 is 0 Å². The Morgan fingerprint density at radius 1 is 1.39 bits per heavy atom. The second kappa shape index (κ2) is 5.88. The van der Waals surface area contributed by atoms with Crippen LogP contribution in [0.25, 0.3) is 0 Å². The van der Waals surface area contributed by atoms with Crippen molar-refractivity contribution in [1.82, 2.24) is 4.72 Å². The average Bonchev–Trinajstić information content (AvgIpc) is 2.29. The standard InChI is InChI=1S/C10H10N2O5S/c11-7-12-18(15,16)9-3-1-8(2-4-9)17-6-5-10(13)14/h1-4,12H,5-6H2,(H,13,14). The number of carboxylic acids is 1. The van der Waals surface area contributed by atoms with E-state index in [-0.39, 0.29) is 17.9 Å². The van der Waals surface area contributed by atoms with Gasteiger partial charge < -0.3 is 9.84 Å². The van der Waals surface area contributed by atoms with E-state index in [2.05, 4.69) is 0 Å². The summed E-state index contributed by atoms with van der Waals surface area (Å²) in [5, 5.41) is 16.7. The van der Waals surface area contributed by atoms with Gasteiger partial charge in [-0.15, -0.1) is 0 Å². The summed E-state index contributed by atoms with van der Waals surface area (Å²) >= 11 is 0. The van der Waals surface area contributed by atoms with E-state index < -0.39 is 16.0 Å². The van der Waals surface area contributed by atoms with E-state index in [1.54, 1.807) is 4.72 Å². The number of nitriles is 1. The van der Waals surface area contributed by atoms with Gasteiger partial charge in [0.15, 0.2) is 6.19 Å². The maximum Gasteiger partial charge on any atom is 0.306 e. The Morgan fingerprint density at radius 3 is 2.50 bits per heavy atom. The van der Waals surface area contributed by atoms with Gasteiger partial charge >= 0.3 is 5.97 Å². The van der Waals surface area contributed by atoms with Gasteiger partial charge in [0, 0.05) is 0 Å². The highest BCUT2D eigenvalue weighted by molar-refractivity contribution is 7.89. The van der Waals surface area contributed by atoms with Crippen molar-refractivity contribution in [3.05, 3.63) is 24.3 Å². The molecular formula is C10H10N2O5S. The minimum absolute atomic E-state index is 0.00211. The van der Waals surface area contributed by atoms with Crippen LogP contribution in [0.4, 0.5) is 0 Å². The van der Waals surface area contributed by atoms with E-state index >= 15 is 0 Å². The maximum atomic E-state index is 11.4. The molecule has 0 aliphatic heterocycles.